The number of aliphatic carboxylic acids is 1. The number of aromatic nitrogens is 4. The van der Waals surface area contributed by atoms with Crippen molar-refractivity contribution in [3.63, 3.8) is 0 Å². The number of nitrogens with one attached hydrogen (secondary N) is 2. The second kappa shape index (κ2) is 9.63. The van der Waals surface area contributed by atoms with Crippen molar-refractivity contribution in [2.24, 2.45) is 0 Å². The number of H-pyrrole nitrogens is 1. The number of unbranched alkanes of at least 4 members (excludes halogenated alkanes) is 1. The summed E-state index contributed by atoms with van der Waals surface area (Å²) >= 11 is 0. The second-order valence-corrected chi connectivity index (χ2v) is 6.51. The Morgan fingerprint density at radius 2 is 2.25 bits per heavy atom. The Labute approximate surface area is 161 Å². The van der Waals surface area contributed by atoms with Crippen molar-refractivity contribution in [2.45, 2.75) is 38.0 Å². The predicted molar refractivity (Wildman–Crippen MR) is 99.4 cm³/mol. The SMILES string of the molecule is O=C(O)CC(Cc1nc(CCCCNc2cnc[nH]2)no1)c1cccc(F)c1. The lowest BCUT2D eigenvalue weighted by Gasteiger charge is -2.13. The number of aromatic amines is 1. The highest BCUT2D eigenvalue weighted by Crippen LogP contribution is 2.24. The van der Waals surface area contributed by atoms with Crippen molar-refractivity contribution in [3.8, 4) is 0 Å². The second-order valence-electron chi connectivity index (χ2n) is 6.51. The first-order valence-electron chi connectivity index (χ1n) is 9.11. The van der Waals surface area contributed by atoms with Crippen LogP contribution in [-0.2, 0) is 17.6 Å². The van der Waals surface area contributed by atoms with Gasteiger partial charge < -0.3 is 19.9 Å². The lowest BCUT2D eigenvalue weighted by molar-refractivity contribution is -0.137. The summed E-state index contributed by atoms with van der Waals surface area (Å²) in [7, 11) is 0. The molecule has 0 amide bonds. The van der Waals surface area contributed by atoms with Gasteiger partial charge in [0.05, 0.1) is 18.9 Å². The maximum Gasteiger partial charge on any atom is 0.303 e. The molecule has 3 N–H and O–H groups in total. The van der Waals surface area contributed by atoms with Gasteiger partial charge in [0.15, 0.2) is 5.82 Å². The third-order valence-electron chi connectivity index (χ3n) is 4.31. The molecule has 0 saturated heterocycles. The maximum absolute atomic E-state index is 13.5. The van der Waals surface area contributed by atoms with E-state index in [9.17, 15) is 9.18 Å². The van der Waals surface area contributed by atoms with Gasteiger partial charge in [0, 0.05) is 25.3 Å². The number of carbonyl (C=O) groups is 1. The molecule has 3 aromatic rings. The van der Waals surface area contributed by atoms with Crippen LogP contribution >= 0.6 is 0 Å². The van der Waals surface area contributed by atoms with E-state index in [1.807, 2.05) is 0 Å². The number of hydrogen-bond acceptors (Lipinski definition) is 6. The topological polar surface area (TPSA) is 117 Å². The molecule has 0 aliphatic carbocycles. The number of carboxylic acids is 1. The third-order valence-corrected chi connectivity index (χ3v) is 4.31. The standard InChI is InChI=1S/C19H22FN5O3/c20-15-5-3-4-13(8-15)14(10-19(26)27)9-18-24-16(25-28-18)6-1-2-7-22-17-11-21-12-23-17/h3-5,8,11-12,14,22H,1-2,6-7,9-10H2,(H,21,23)(H,26,27). The summed E-state index contributed by atoms with van der Waals surface area (Å²) < 4.78 is 18.8. The van der Waals surface area contributed by atoms with E-state index in [-0.39, 0.29) is 12.8 Å². The van der Waals surface area contributed by atoms with Crippen LogP contribution in [0, 0.1) is 5.82 Å². The van der Waals surface area contributed by atoms with E-state index in [1.165, 1.54) is 12.1 Å². The van der Waals surface area contributed by atoms with Crippen LogP contribution in [0.25, 0.3) is 0 Å². The molecule has 0 spiro atoms. The fourth-order valence-electron chi connectivity index (χ4n) is 2.95. The van der Waals surface area contributed by atoms with Crippen LogP contribution in [0.1, 0.15) is 42.5 Å². The van der Waals surface area contributed by atoms with Crippen molar-refractivity contribution < 1.29 is 18.8 Å². The average molecular weight is 387 g/mol. The normalized spacial score (nSPS) is 12.0. The fourth-order valence-corrected chi connectivity index (χ4v) is 2.95. The molecular weight excluding hydrogens is 365 g/mol. The molecule has 0 aliphatic heterocycles. The van der Waals surface area contributed by atoms with Gasteiger partial charge in [0.25, 0.3) is 0 Å². The average Bonchev–Trinajstić information content (AvgIpc) is 3.33. The lowest BCUT2D eigenvalue weighted by Crippen LogP contribution is -2.10. The minimum absolute atomic E-state index is 0.138. The third kappa shape index (κ3) is 5.90. The van der Waals surface area contributed by atoms with E-state index in [0.717, 1.165) is 25.2 Å². The van der Waals surface area contributed by atoms with Crippen LogP contribution in [0.3, 0.4) is 0 Å². The summed E-state index contributed by atoms with van der Waals surface area (Å²) in [4.78, 5) is 22.4. The minimum atomic E-state index is -0.959. The number of anilines is 1. The summed E-state index contributed by atoms with van der Waals surface area (Å²) in [6, 6.07) is 5.95. The first kappa shape index (κ1) is 19.5. The van der Waals surface area contributed by atoms with E-state index >= 15 is 0 Å². The van der Waals surface area contributed by atoms with Crippen LogP contribution < -0.4 is 5.32 Å². The maximum atomic E-state index is 13.5. The van der Waals surface area contributed by atoms with E-state index in [0.29, 0.717) is 23.7 Å². The van der Waals surface area contributed by atoms with Gasteiger partial charge in [-0.1, -0.05) is 17.3 Å². The van der Waals surface area contributed by atoms with E-state index in [2.05, 4.69) is 25.4 Å². The molecule has 0 saturated carbocycles. The van der Waals surface area contributed by atoms with Crippen molar-refractivity contribution >= 4 is 11.8 Å². The van der Waals surface area contributed by atoms with Gasteiger partial charge in [-0.2, -0.15) is 4.98 Å². The number of nitrogens with zero attached hydrogens (tertiary/aromatic N) is 3. The molecule has 9 heteroatoms. The minimum Gasteiger partial charge on any atom is -0.481 e. The fraction of sp³-hybridized carbons (Fsp3) is 0.368. The molecule has 28 heavy (non-hydrogen) atoms. The van der Waals surface area contributed by atoms with Gasteiger partial charge in [0.2, 0.25) is 5.89 Å². The highest BCUT2D eigenvalue weighted by Gasteiger charge is 2.20. The molecule has 3 rings (SSSR count). The zero-order valence-electron chi connectivity index (χ0n) is 15.3. The lowest BCUT2D eigenvalue weighted by atomic mass is 9.92. The molecule has 0 aliphatic rings. The molecule has 1 unspecified atom stereocenters. The molecule has 0 fully saturated rings. The Morgan fingerprint density at radius 1 is 1.36 bits per heavy atom. The first-order valence-corrected chi connectivity index (χ1v) is 9.11. The number of carboxylic acid groups (broad SMARTS) is 1. The van der Waals surface area contributed by atoms with E-state index in [4.69, 9.17) is 9.63 Å². The highest BCUT2D eigenvalue weighted by molar-refractivity contribution is 5.68. The van der Waals surface area contributed by atoms with Crippen LogP contribution in [0.15, 0.2) is 41.3 Å². The quantitative estimate of drug-likeness (QED) is 0.433. The van der Waals surface area contributed by atoms with Gasteiger partial charge >= 0.3 is 5.97 Å². The Hall–Kier alpha value is -3.23. The smallest absolute Gasteiger partial charge is 0.303 e. The van der Waals surface area contributed by atoms with Gasteiger partial charge in [-0.15, -0.1) is 0 Å². The molecule has 2 heterocycles. The number of benzene rings is 1. The molecular formula is C19H22FN5O3. The Balaban J connectivity index is 1.50. The predicted octanol–water partition coefficient (Wildman–Crippen LogP) is 3.17. The number of imidazole rings is 1. The number of halogens is 1. The number of hydrogen-bond donors (Lipinski definition) is 3. The Morgan fingerprint density at radius 3 is 3.00 bits per heavy atom. The van der Waals surface area contributed by atoms with E-state index < -0.39 is 17.7 Å². The van der Waals surface area contributed by atoms with Crippen molar-refractivity contribution in [1.29, 1.82) is 0 Å². The van der Waals surface area contributed by atoms with Crippen LogP contribution in [-0.4, -0.2) is 37.7 Å². The monoisotopic (exact) mass is 387 g/mol. The summed E-state index contributed by atoms with van der Waals surface area (Å²) in [6.45, 7) is 0.799. The summed E-state index contributed by atoms with van der Waals surface area (Å²) in [5.41, 5.74) is 0.604. The molecule has 0 bridgehead atoms. The highest BCUT2D eigenvalue weighted by atomic mass is 19.1. The van der Waals surface area contributed by atoms with Crippen molar-refractivity contribution in [1.82, 2.24) is 20.1 Å². The van der Waals surface area contributed by atoms with Gasteiger partial charge in [0.1, 0.15) is 11.6 Å². The number of rotatable bonds is 11. The van der Waals surface area contributed by atoms with Gasteiger partial charge in [-0.05, 0) is 30.5 Å². The summed E-state index contributed by atoms with van der Waals surface area (Å²) in [5.74, 6) is 0.0383. The van der Waals surface area contributed by atoms with Gasteiger partial charge in [-0.25, -0.2) is 9.37 Å². The Bertz CT molecular complexity index is 881. The zero-order valence-corrected chi connectivity index (χ0v) is 15.3. The van der Waals surface area contributed by atoms with Crippen LogP contribution in [0.2, 0.25) is 0 Å². The van der Waals surface area contributed by atoms with Gasteiger partial charge in [-0.3, -0.25) is 4.79 Å². The Kier molecular flexibility index (Phi) is 6.72. The molecule has 2 aromatic heterocycles. The number of aryl methyl sites for hydroxylation is 1. The molecule has 0 radical (unpaired) electrons. The molecule has 1 aromatic carbocycles. The first-order chi connectivity index (χ1) is 13.6. The molecule has 8 nitrogen and oxygen atoms in total. The van der Waals surface area contributed by atoms with E-state index in [1.54, 1.807) is 24.7 Å². The molecule has 148 valence electrons. The van der Waals surface area contributed by atoms with Crippen molar-refractivity contribution in [2.75, 3.05) is 11.9 Å². The molecule has 1 atom stereocenters. The van der Waals surface area contributed by atoms with Crippen molar-refractivity contribution in [3.05, 3.63) is 59.9 Å². The zero-order chi connectivity index (χ0) is 19.8. The van der Waals surface area contributed by atoms with Crippen LogP contribution in [0.5, 0.6) is 0 Å². The largest absolute Gasteiger partial charge is 0.481 e. The summed E-state index contributed by atoms with van der Waals surface area (Å²) in [5, 5.41) is 16.3. The van der Waals surface area contributed by atoms with Crippen LogP contribution in [0.4, 0.5) is 10.2 Å². The summed E-state index contributed by atoms with van der Waals surface area (Å²) in [6.07, 6.45) is 5.92.